The second kappa shape index (κ2) is 4.26. The van der Waals surface area contributed by atoms with Gasteiger partial charge in [-0.25, -0.2) is 4.98 Å². The van der Waals surface area contributed by atoms with Crippen LogP contribution in [0.1, 0.15) is 30.9 Å². The molecule has 76 valence electrons. The molecule has 0 amide bonds. The van der Waals surface area contributed by atoms with Crippen molar-refractivity contribution in [3.63, 3.8) is 0 Å². The number of hydrogen-bond acceptors (Lipinski definition) is 3. The maximum absolute atomic E-state index is 5.72. The molecule has 3 nitrogen and oxygen atoms in total. The smallest absolute Gasteiger partial charge is 0.129 e. The maximum Gasteiger partial charge on any atom is 0.129 e. The van der Waals surface area contributed by atoms with Crippen LogP contribution in [0.5, 0.6) is 0 Å². The van der Waals surface area contributed by atoms with E-state index in [2.05, 4.69) is 10.4 Å². The highest BCUT2D eigenvalue weighted by Gasteiger charge is 2.27. The van der Waals surface area contributed by atoms with E-state index >= 15 is 0 Å². The molecule has 14 heavy (non-hydrogen) atoms. The van der Waals surface area contributed by atoms with Crippen molar-refractivity contribution in [3.8, 4) is 0 Å². The summed E-state index contributed by atoms with van der Waals surface area (Å²) in [7, 11) is 0. The monoisotopic (exact) mass is 211 g/mol. The average Bonchev–Trinajstić information content (AvgIpc) is 2.13. The normalized spacial score (nSPS) is 19.0. The number of halogens is 1. The lowest BCUT2D eigenvalue weighted by Gasteiger charge is -2.33. The first-order chi connectivity index (χ1) is 6.81. The van der Waals surface area contributed by atoms with E-state index in [1.165, 1.54) is 19.3 Å². The van der Waals surface area contributed by atoms with Crippen LogP contribution in [-0.2, 0) is 0 Å². The summed E-state index contributed by atoms with van der Waals surface area (Å²) in [5.41, 5.74) is 3.98. The molecule has 1 heterocycles. The molecule has 2 rings (SSSR count). The van der Waals surface area contributed by atoms with Crippen LogP contribution < -0.4 is 11.3 Å². The number of aromatic nitrogens is 1. The van der Waals surface area contributed by atoms with Crippen molar-refractivity contribution >= 4 is 11.6 Å². The second-order valence-corrected chi connectivity index (χ2v) is 4.14. The Bertz CT molecular complexity index is 295. The van der Waals surface area contributed by atoms with Crippen molar-refractivity contribution < 1.29 is 0 Å². The highest BCUT2D eigenvalue weighted by atomic mass is 35.5. The van der Waals surface area contributed by atoms with Gasteiger partial charge in [0.2, 0.25) is 0 Å². The largest absolute Gasteiger partial charge is 0.271 e. The first-order valence-electron chi connectivity index (χ1n) is 4.89. The third kappa shape index (κ3) is 1.90. The van der Waals surface area contributed by atoms with Crippen molar-refractivity contribution in [1.82, 2.24) is 10.4 Å². The van der Waals surface area contributed by atoms with Gasteiger partial charge in [0.15, 0.2) is 0 Å². The third-order valence-electron chi connectivity index (χ3n) is 2.91. The number of pyridine rings is 1. The zero-order valence-corrected chi connectivity index (χ0v) is 8.67. The zero-order chi connectivity index (χ0) is 9.97. The van der Waals surface area contributed by atoms with Crippen molar-refractivity contribution in [2.24, 2.45) is 11.8 Å². The molecule has 1 aliphatic carbocycles. The molecular formula is C10H14ClN3. The summed E-state index contributed by atoms with van der Waals surface area (Å²) in [5, 5.41) is 0.526. The Morgan fingerprint density at radius 2 is 2.29 bits per heavy atom. The molecule has 1 aromatic rings. The van der Waals surface area contributed by atoms with Gasteiger partial charge in [-0.2, -0.15) is 0 Å². The molecule has 0 radical (unpaired) electrons. The Balaban J connectivity index is 2.14. The summed E-state index contributed by atoms with van der Waals surface area (Å²) in [4.78, 5) is 4.06. The van der Waals surface area contributed by atoms with E-state index < -0.39 is 0 Å². The van der Waals surface area contributed by atoms with E-state index in [0.717, 1.165) is 5.56 Å². The van der Waals surface area contributed by atoms with E-state index in [-0.39, 0.29) is 6.04 Å². The maximum atomic E-state index is 5.72. The summed E-state index contributed by atoms with van der Waals surface area (Å²) >= 11 is 5.72. The standard InChI is InChI=1S/C10H14ClN3/c11-9-5-4-8(6-13-9)10(14-12)7-2-1-3-7/h4-7,10,14H,1-3,12H2. The number of nitrogens with one attached hydrogen (secondary N) is 1. The van der Waals surface area contributed by atoms with Crippen LogP contribution in [0, 0.1) is 5.92 Å². The molecule has 1 aromatic heterocycles. The summed E-state index contributed by atoms with van der Waals surface area (Å²) < 4.78 is 0. The molecule has 1 atom stereocenters. The highest BCUT2D eigenvalue weighted by molar-refractivity contribution is 6.29. The molecule has 0 aliphatic heterocycles. The van der Waals surface area contributed by atoms with Crippen LogP contribution >= 0.6 is 11.6 Å². The minimum Gasteiger partial charge on any atom is -0.271 e. The van der Waals surface area contributed by atoms with E-state index in [1.54, 1.807) is 12.3 Å². The predicted octanol–water partition coefficient (Wildman–Crippen LogP) is 2.04. The molecular weight excluding hydrogens is 198 g/mol. The van der Waals surface area contributed by atoms with Crippen molar-refractivity contribution in [2.45, 2.75) is 25.3 Å². The van der Waals surface area contributed by atoms with Gasteiger partial charge in [0.25, 0.3) is 0 Å². The molecule has 1 aliphatic rings. The van der Waals surface area contributed by atoms with Crippen LogP contribution in [-0.4, -0.2) is 4.98 Å². The Labute approximate surface area is 88.6 Å². The first-order valence-corrected chi connectivity index (χ1v) is 5.26. The molecule has 0 saturated heterocycles. The van der Waals surface area contributed by atoms with Crippen LogP contribution in [0.2, 0.25) is 5.15 Å². The predicted molar refractivity (Wildman–Crippen MR) is 56.7 cm³/mol. The van der Waals surface area contributed by atoms with Crippen molar-refractivity contribution in [1.29, 1.82) is 0 Å². The van der Waals surface area contributed by atoms with E-state index in [9.17, 15) is 0 Å². The quantitative estimate of drug-likeness (QED) is 0.457. The van der Waals surface area contributed by atoms with E-state index in [4.69, 9.17) is 17.4 Å². The van der Waals surface area contributed by atoms with Crippen molar-refractivity contribution in [3.05, 3.63) is 29.0 Å². The molecule has 0 aromatic carbocycles. The fourth-order valence-electron chi connectivity index (χ4n) is 1.85. The Hall–Kier alpha value is -0.640. The Morgan fingerprint density at radius 1 is 1.50 bits per heavy atom. The van der Waals surface area contributed by atoms with Gasteiger partial charge in [0.1, 0.15) is 5.15 Å². The third-order valence-corrected chi connectivity index (χ3v) is 3.13. The topological polar surface area (TPSA) is 50.9 Å². The van der Waals surface area contributed by atoms with Gasteiger partial charge in [-0.05, 0) is 30.4 Å². The first kappa shape index (κ1) is 9.90. The number of hydrogen-bond donors (Lipinski definition) is 2. The lowest BCUT2D eigenvalue weighted by atomic mass is 9.78. The SMILES string of the molecule is NNC(c1ccc(Cl)nc1)C1CCC1. The van der Waals surface area contributed by atoms with Crippen LogP contribution in [0.15, 0.2) is 18.3 Å². The Kier molecular flexibility index (Phi) is 3.01. The Morgan fingerprint density at radius 3 is 2.71 bits per heavy atom. The number of nitrogens with zero attached hydrogens (tertiary/aromatic N) is 1. The van der Waals surface area contributed by atoms with Gasteiger partial charge in [-0.15, -0.1) is 0 Å². The van der Waals surface area contributed by atoms with Gasteiger partial charge in [-0.3, -0.25) is 11.3 Å². The number of nitrogens with two attached hydrogens (primary N) is 1. The van der Waals surface area contributed by atoms with Gasteiger partial charge >= 0.3 is 0 Å². The van der Waals surface area contributed by atoms with E-state index in [1.807, 2.05) is 6.07 Å². The fraction of sp³-hybridized carbons (Fsp3) is 0.500. The summed E-state index contributed by atoms with van der Waals surface area (Å²) in [6.45, 7) is 0. The molecule has 0 bridgehead atoms. The molecule has 4 heteroatoms. The lowest BCUT2D eigenvalue weighted by Crippen LogP contribution is -2.36. The molecule has 1 fully saturated rings. The van der Waals surface area contributed by atoms with Crippen LogP contribution in [0.4, 0.5) is 0 Å². The number of hydrazine groups is 1. The highest BCUT2D eigenvalue weighted by Crippen LogP contribution is 2.37. The summed E-state index contributed by atoms with van der Waals surface area (Å²) in [6, 6.07) is 4.02. The zero-order valence-electron chi connectivity index (χ0n) is 7.91. The average molecular weight is 212 g/mol. The molecule has 0 spiro atoms. The van der Waals surface area contributed by atoms with Crippen LogP contribution in [0.3, 0.4) is 0 Å². The van der Waals surface area contributed by atoms with Gasteiger partial charge in [-0.1, -0.05) is 24.1 Å². The number of rotatable bonds is 3. The summed E-state index contributed by atoms with van der Waals surface area (Å²) in [5.74, 6) is 6.20. The molecule has 1 unspecified atom stereocenters. The van der Waals surface area contributed by atoms with E-state index in [0.29, 0.717) is 11.1 Å². The minimum atomic E-state index is 0.230. The fourth-order valence-corrected chi connectivity index (χ4v) is 1.96. The van der Waals surface area contributed by atoms with Crippen LogP contribution in [0.25, 0.3) is 0 Å². The van der Waals surface area contributed by atoms with Gasteiger partial charge in [0.05, 0.1) is 6.04 Å². The van der Waals surface area contributed by atoms with Crippen molar-refractivity contribution in [2.75, 3.05) is 0 Å². The van der Waals surface area contributed by atoms with Gasteiger partial charge in [0, 0.05) is 6.20 Å². The summed E-state index contributed by atoms with van der Waals surface area (Å²) in [6.07, 6.45) is 5.60. The molecule has 3 N–H and O–H groups in total. The van der Waals surface area contributed by atoms with Gasteiger partial charge < -0.3 is 0 Å². The molecule has 1 saturated carbocycles. The lowest BCUT2D eigenvalue weighted by molar-refractivity contribution is 0.232. The minimum absolute atomic E-state index is 0.230. The second-order valence-electron chi connectivity index (χ2n) is 3.75.